The lowest BCUT2D eigenvalue weighted by atomic mass is 9.95. The highest BCUT2D eigenvalue weighted by Gasteiger charge is 2.16. The predicted molar refractivity (Wildman–Crippen MR) is 97.5 cm³/mol. The Morgan fingerprint density at radius 3 is 2.67 bits per heavy atom. The zero-order chi connectivity index (χ0) is 16.2. The Balaban J connectivity index is 1.65. The third-order valence-corrected chi connectivity index (χ3v) is 4.59. The minimum Gasteiger partial charge on any atom is -0.367 e. The normalized spacial score (nSPS) is 16.0. The van der Waals surface area contributed by atoms with E-state index in [0.29, 0.717) is 6.04 Å². The van der Waals surface area contributed by atoms with E-state index in [2.05, 4.69) is 37.6 Å². The van der Waals surface area contributed by atoms with Gasteiger partial charge in [0, 0.05) is 24.6 Å². The van der Waals surface area contributed by atoms with Crippen LogP contribution in [0.1, 0.15) is 43.4 Å². The van der Waals surface area contributed by atoms with Crippen LogP contribution in [-0.2, 0) is 0 Å². The number of fused-ring (bicyclic) bond motifs is 1. The number of hydrogen-bond acceptors (Lipinski definition) is 4. The zero-order valence-corrected chi connectivity index (χ0v) is 13.6. The molecule has 0 aromatic carbocycles. The molecule has 1 aliphatic rings. The van der Waals surface area contributed by atoms with Crippen molar-refractivity contribution in [2.75, 3.05) is 5.32 Å². The summed E-state index contributed by atoms with van der Waals surface area (Å²) < 4.78 is 0. The fourth-order valence-corrected chi connectivity index (χ4v) is 3.31. The lowest BCUT2D eigenvalue weighted by Crippen LogP contribution is -2.22. The Kier molecular flexibility index (Phi) is 4.23. The second kappa shape index (κ2) is 6.83. The van der Waals surface area contributed by atoms with Gasteiger partial charge in [-0.05, 0) is 42.7 Å². The van der Waals surface area contributed by atoms with Crippen molar-refractivity contribution in [1.82, 2.24) is 20.2 Å². The van der Waals surface area contributed by atoms with Crippen LogP contribution in [0.4, 0.5) is 5.82 Å². The molecule has 0 bridgehead atoms. The molecule has 0 atom stereocenters. The monoisotopic (exact) mass is 319 g/mol. The molecular weight excluding hydrogens is 298 g/mol. The first-order chi connectivity index (χ1) is 11.9. The van der Waals surface area contributed by atoms with Gasteiger partial charge in [-0.15, -0.1) is 0 Å². The van der Waals surface area contributed by atoms with Gasteiger partial charge in [-0.1, -0.05) is 25.3 Å². The Hall–Kier alpha value is -2.69. The Labute approximate surface area is 141 Å². The van der Waals surface area contributed by atoms with Crippen LogP contribution in [0.3, 0.4) is 0 Å². The quantitative estimate of drug-likeness (QED) is 0.753. The van der Waals surface area contributed by atoms with E-state index in [1.807, 2.05) is 24.4 Å². The standard InChI is InChI=1S/C19H21N5/c1-2-4-15(5-3-1)22-19-18-16(23-24-17(18)10-13-21-19)7-6-14-8-11-20-12-9-14/h6-13,15H,1-5H2,(H,21,22)(H,23,24). The Morgan fingerprint density at radius 1 is 1.00 bits per heavy atom. The largest absolute Gasteiger partial charge is 0.367 e. The molecular formula is C19H21N5. The molecule has 0 spiro atoms. The number of nitrogens with one attached hydrogen (secondary N) is 2. The minimum absolute atomic E-state index is 0.517. The topological polar surface area (TPSA) is 66.5 Å². The van der Waals surface area contributed by atoms with E-state index in [0.717, 1.165) is 28.0 Å². The molecule has 0 aliphatic heterocycles. The average Bonchev–Trinajstić information content (AvgIpc) is 3.06. The SMILES string of the molecule is C(=Cc1[nH]nc2ccnc(NC3CCCCC3)c12)c1ccncc1. The van der Waals surface area contributed by atoms with Crippen LogP contribution < -0.4 is 5.32 Å². The molecule has 3 aromatic heterocycles. The molecule has 122 valence electrons. The van der Waals surface area contributed by atoms with Crippen LogP contribution in [0.5, 0.6) is 0 Å². The van der Waals surface area contributed by atoms with Gasteiger partial charge in [-0.2, -0.15) is 5.10 Å². The van der Waals surface area contributed by atoms with Gasteiger partial charge in [0.15, 0.2) is 0 Å². The van der Waals surface area contributed by atoms with Gasteiger partial charge in [-0.25, -0.2) is 4.98 Å². The molecule has 0 saturated heterocycles. The molecule has 1 saturated carbocycles. The summed E-state index contributed by atoms with van der Waals surface area (Å²) in [5.41, 5.74) is 3.03. The highest BCUT2D eigenvalue weighted by Crippen LogP contribution is 2.28. The lowest BCUT2D eigenvalue weighted by Gasteiger charge is -2.23. The summed E-state index contributed by atoms with van der Waals surface area (Å²) >= 11 is 0. The molecule has 0 unspecified atom stereocenters. The summed E-state index contributed by atoms with van der Waals surface area (Å²) in [5, 5.41) is 12.2. The maximum absolute atomic E-state index is 4.57. The van der Waals surface area contributed by atoms with Crippen LogP contribution in [0.25, 0.3) is 23.1 Å². The van der Waals surface area contributed by atoms with Crippen molar-refractivity contribution in [1.29, 1.82) is 0 Å². The van der Waals surface area contributed by atoms with Crippen molar-refractivity contribution in [3.05, 3.63) is 48.0 Å². The van der Waals surface area contributed by atoms with E-state index in [1.54, 1.807) is 12.4 Å². The van der Waals surface area contributed by atoms with Gasteiger partial charge in [-0.3, -0.25) is 10.1 Å². The fraction of sp³-hybridized carbons (Fsp3) is 0.316. The highest BCUT2D eigenvalue weighted by molar-refractivity contribution is 5.97. The lowest BCUT2D eigenvalue weighted by molar-refractivity contribution is 0.462. The van der Waals surface area contributed by atoms with E-state index in [4.69, 9.17) is 0 Å². The molecule has 1 fully saturated rings. The van der Waals surface area contributed by atoms with Crippen LogP contribution in [0, 0.1) is 0 Å². The number of rotatable bonds is 4. The zero-order valence-electron chi connectivity index (χ0n) is 13.6. The van der Waals surface area contributed by atoms with E-state index >= 15 is 0 Å². The van der Waals surface area contributed by atoms with Crippen LogP contribution in [0.15, 0.2) is 36.8 Å². The van der Waals surface area contributed by atoms with Crippen LogP contribution >= 0.6 is 0 Å². The maximum Gasteiger partial charge on any atom is 0.137 e. The maximum atomic E-state index is 4.57. The smallest absolute Gasteiger partial charge is 0.137 e. The number of pyridine rings is 2. The molecule has 0 radical (unpaired) electrons. The first-order valence-corrected chi connectivity index (χ1v) is 8.58. The van der Waals surface area contributed by atoms with Crippen molar-refractivity contribution >= 4 is 28.9 Å². The molecule has 24 heavy (non-hydrogen) atoms. The third kappa shape index (κ3) is 3.15. The van der Waals surface area contributed by atoms with Crippen LogP contribution in [-0.4, -0.2) is 26.2 Å². The summed E-state index contributed by atoms with van der Waals surface area (Å²) in [6.07, 6.45) is 15.9. The van der Waals surface area contributed by atoms with Gasteiger partial charge in [0.05, 0.1) is 16.6 Å². The van der Waals surface area contributed by atoms with Gasteiger partial charge in [0.2, 0.25) is 0 Å². The first-order valence-electron chi connectivity index (χ1n) is 8.58. The summed E-state index contributed by atoms with van der Waals surface area (Å²) in [6.45, 7) is 0. The summed E-state index contributed by atoms with van der Waals surface area (Å²) in [7, 11) is 0. The van der Waals surface area contributed by atoms with E-state index < -0.39 is 0 Å². The number of H-pyrrole nitrogens is 1. The van der Waals surface area contributed by atoms with Crippen molar-refractivity contribution in [2.24, 2.45) is 0 Å². The van der Waals surface area contributed by atoms with Gasteiger partial charge < -0.3 is 5.32 Å². The van der Waals surface area contributed by atoms with Crippen molar-refractivity contribution in [2.45, 2.75) is 38.1 Å². The third-order valence-electron chi connectivity index (χ3n) is 4.59. The van der Waals surface area contributed by atoms with E-state index in [-0.39, 0.29) is 0 Å². The molecule has 3 aromatic rings. The van der Waals surface area contributed by atoms with Crippen molar-refractivity contribution in [3.63, 3.8) is 0 Å². The molecule has 1 aliphatic carbocycles. The first kappa shape index (κ1) is 14.9. The molecule has 5 nitrogen and oxygen atoms in total. The summed E-state index contributed by atoms with van der Waals surface area (Å²) in [5.74, 6) is 0.933. The molecule has 5 heteroatoms. The number of hydrogen-bond donors (Lipinski definition) is 2. The van der Waals surface area contributed by atoms with Gasteiger partial charge in [0.1, 0.15) is 5.82 Å². The number of nitrogens with zero attached hydrogens (tertiary/aromatic N) is 3. The molecule has 0 amide bonds. The number of anilines is 1. The molecule has 4 rings (SSSR count). The van der Waals surface area contributed by atoms with Crippen molar-refractivity contribution in [3.8, 4) is 0 Å². The van der Waals surface area contributed by atoms with E-state index in [1.165, 1.54) is 32.1 Å². The number of aromatic amines is 1. The van der Waals surface area contributed by atoms with Crippen molar-refractivity contribution < 1.29 is 0 Å². The summed E-state index contributed by atoms with van der Waals surface area (Å²) in [6, 6.07) is 6.42. The second-order valence-electron chi connectivity index (χ2n) is 6.28. The molecule has 3 heterocycles. The van der Waals surface area contributed by atoms with Gasteiger partial charge in [0.25, 0.3) is 0 Å². The number of aromatic nitrogens is 4. The predicted octanol–water partition coefficient (Wildman–Crippen LogP) is 4.27. The average molecular weight is 319 g/mol. The van der Waals surface area contributed by atoms with Gasteiger partial charge >= 0.3 is 0 Å². The minimum atomic E-state index is 0.517. The Morgan fingerprint density at radius 2 is 1.83 bits per heavy atom. The molecule has 2 N–H and O–H groups in total. The van der Waals surface area contributed by atoms with E-state index in [9.17, 15) is 0 Å². The highest BCUT2D eigenvalue weighted by atomic mass is 15.1. The summed E-state index contributed by atoms with van der Waals surface area (Å²) in [4.78, 5) is 8.62. The van der Waals surface area contributed by atoms with Crippen LogP contribution in [0.2, 0.25) is 0 Å². The Bertz CT molecular complexity index is 831. The fourth-order valence-electron chi connectivity index (χ4n) is 3.31. The second-order valence-corrected chi connectivity index (χ2v) is 6.28.